The Bertz CT molecular complexity index is 912. The Balaban J connectivity index is 0.00000363. The molecule has 186 valence electrons. The molecule has 0 heterocycles. The van der Waals surface area contributed by atoms with Crippen molar-refractivity contribution in [3.63, 3.8) is 0 Å². The van der Waals surface area contributed by atoms with Crippen molar-refractivity contribution in [2.75, 3.05) is 0 Å². The second-order valence-corrected chi connectivity index (χ2v) is 13.7. The first-order valence-corrected chi connectivity index (χ1v) is 14.4. The summed E-state index contributed by atoms with van der Waals surface area (Å²) in [6.07, 6.45) is 15.5. The molecule has 3 rings (SSSR count). The number of allylic oxidation sites excluding steroid dienone is 8. The largest absolute Gasteiger partial charge is 1.00 e. The number of hydrogen-bond acceptors (Lipinski definition) is 0. The van der Waals surface area contributed by atoms with Gasteiger partial charge < -0.3 is 37.2 Å². The zero-order chi connectivity index (χ0) is 22.8. The Morgan fingerprint density at radius 1 is 0.912 bits per heavy atom. The molecule has 2 atom stereocenters. The molecule has 0 nitrogen and oxygen atoms in total. The van der Waals surface area contributed by atoms with E-state index in [0.717, 1.165) is 12.8 Å². The fourth-order valence-electron chi connectivity index (χ4n) is 6.05. The van der Waals surface area contributed by atoms with Gasteiger partial charge in [0.25, 0.3) is 0 Å². The minimum absolute atomic E-state index is 0. The quantitative estimate of drug-likeness (QED) is 0.314. The van der Waals surface area contributed by atoms with Gasteiger partial charge in [0.05, 0.1) is 0 Å². The van der Waals surface area contributed by atoms with E-state index in [1.54, 1.807) is 25.8 Å². The van der Waals surface area contributed by atoms with E-state index in [1.807, 2.05) is 0 Å². The molecule has 0 radical (unpaired) electrons. The minimum atomic E-state index is -0.551. The van der Waals surface area contributed by atoms with Crippen molar-refractivity contribution in [3.8, 4) is 0 Å². The first kappa shape index (κ1) is 34.0. The van der Waals surface area contributed by atoms with E-state index < -0.39 is 9.52 Å². The monoisotopic (exact) mass is 570 g/mol. The van der Waals surface area contributed by atoms with E-state index in [-0.39, 0.29) is 47.7 Å². The van der Waals surface area contributed by atoms with Crippen LogP contribution in [0.25, 0.3) is 0 Å². The maximum atomic E-state index is 2.56. The maximum Gasteiger partial charge on any atom is -1.00 e. The fraction of sp³-hybridized carbons (Fsp3) is 0.517. The van der Waals surface area contributed by atoms with Crippen LogP contribution in [-0.2, 0) is 33.3 Å². The topological polar surface area (TPSA) is 0 Å². The summed E-state index contributed by atoms with van der Waals surface area (Å²) in [4.78, 5) is 0. The van der Waals surface area contributed by atoms with Crippen LogP contribution < -0.4 is 42.4 Å². The predicted octanol–water partition coefficient (Wildman–Crippen LogP) is -2.11. The second-order valence-electron chi connectivity index (χ2n) is 10.5. The molecule has 2 aliphatic rings. The summed E-state index contributed by atoms with van der Waals surface area (Å²) in [5, 5.41) is 1.92. The molecule has 0 spiro atoms. The van der Waals surface area contributed by atoms with E-state index in [2.05, 4.69) is 111 Å². The third-order valence-corrected chi connectivity index (χ3v) is 12.3. The SMILES string of the molecule is CCc1cc(CC)cc([SiH2]C2(CC3(CC(C)C)C=CC=CC3)C(C)=C(C)C(C)=[C]2[Ti+3])c1.[Cl-].[Cl-].[Cl-]. The molecule has 0 aromatic heterocycles. The van der Waals surface area contributed by atoms with Gasteiger partial charge in [-0.05, 0) is 0 Å². The van der Waals surface area contributed by atoms with Crippen molar-refractivity contribution in [2.24, 2.45) is 11.3 Å². The van der Waals surface area contributed by atoms with Gasteiger partial charge in [0.1, 0.15) is 0 Å². The summed E-state index contributed by atoms with van der Waals surface area (Å²) >= 11 is 2.46. The van der Waals surface area contributed by atoms with Gasteiger partial charge >= 0.3 is 206 Å². The summed E-state index contributed by atoms with van der Waals surface area (Å²) in [6.45, 7) is 16.6. The first-order valence-electron chi connectivity index (χ1n) is 12.2. The van der Waals surface area contributed by atoms with Gasteiger partial charge in [-0.1, -0.05) is 0 Å². The molecule has 1 aromatic carbocycles. The third kappa shape index (κ3) is 7.05. The van der Waals surface area contributed by atoms with Crippen molar-refractivity contribution < 1.29 is 57.7 Å². The van der Waals surface area contributed by atoms with E-state index >= 15 is 0 Å². The Morgan fingerprint density at radius 2 is 1.50 bits per heavy atom. The Hall–Kier alpha value is -0.0188. The Kier molecular flexibility index (Phi) is 14.1. The number of aryl methyl sites for hydroxylation is 2. The van der Waals surface area contributed by atoms with Crippen LogP contribution in [-0.4, -0.2) is 9.52 Å². The Labute approximate surface area is 242 Å². The molecule has 0 fully saturated rings. The molecule has 5 heteroatoms. The number of benzene rings is 1. The van der Waals surface area contributed by atoms with Gasteiger partial charge in [-0.2, -0.15) is 0 Å². The molecule has 0 amide bonds. The molecular formula is C29H41Cl3SiTi. The minimum Gasteiger partial charge on any atom is -1.00 e. The van der Waals surface area contributed by atoms with Crippen LogP contribution in [0.5, 0.6) is 0 Å². The number of halogens is 3. The van der Waals surface area contributed by atoms with Crippen LogP contribution in [0.1, 0.15) is 78.9 Å². The van der Waals surface area contributed by atoms with Crippen LogP contribution in [0.3, 0.4) is 0 Å². The maximum absolute atomic E-state index is 2.56. The standard InChI is InChI=1S/C29H41Si.3ClH.Ti/c1-8-25-15-26(9-2)17-27(16-25)30-29(19-22(5)23(6)24(29)7)20-28(18-21(3)4)13-11-10-12-14-28;;;;/h10-13,15-17,21H,8-9,14,18,20,30H2,1-7H3;3*1H;/q;;;;+3/p-3. The smallest absolute Gasteiger partial charge is 1.00 e. The number of hydrogen-bond donors (Lipinski definition) is 0. The molecule has 2 aliphatic carbocycles. The summed E-state index contributed by atoms with van der Waals surface area (Å²) in [5.74, 6) is 0.710. The predicted molar refractivity (Wildman–Crippen MR) is 137 cm³/mol. The van der Waals surface area contributed by atoms with Crippen molar-refractivity contribution in [1.82, 2.24) is 0 Å². The molecule has 0 N–H and O–H groups in total. The zero-order valence-corrected chi connectivity index (χ0v) is 27.2. The van der Waals surface area contributed by atoms with Crippen LogP contribution in [0.4, 0.5) is 0 Å². The zero-order valence-electron chi connectivity index (χ0n) is 22.0. The van der Waals surface area contributed by atoms with E-state index in [0.29, 0.717) is 5.92 Å². The summed E-state index contributed by atoms with van der Waals surface area (Å²) in [7, 11) is -0.551. The summed E-state index contributed by atoms with van der Waals surface area (Å²) in [5.41, 5.74) is 8.09. The van der Waals surface area contributed by atoms with Gasteiger partial charge in [0.15, 0.2) is 0 Å². The molecule has 34 heavy (non-hydrogen) atoms. The van der Waals surface area contributed by atoms with E-state index in [9.17, 15) is 0 Å². The fourth-order valence-corrected chi connectivity index (χ4v) is 10.2. The van der Waals surface area contributed by atoms with Crippen molar-refractivity contribution in [3.05, 3.63) is 74.2 Å². The molecule has 0 bridgehead atoms. The van der Waals surface area contributed by atoms with Crippen molar-refractivity contribution >= 4 is 14.7 Å². The van der Waals surface area contributed by atoms with Crippen LogP contribution in [0, 0.1) is 11.3 Å². The molecule has 0 saturated heterocycles. The van der Waals surface area contributed by atoms with E-state index in [1.165, 1.54) is 30.4 Å². The average Bonchev–Trinajstić information content (AvgIpc) is 2.89. The van der Waals surface area contributed by atoms with Crippen LogP contribution in [0.2, 0.25) is 5.04 Å². The van der Waals surface area contributed by atoms with Gasteiger partial charge in [-0.15, -0.1) is 0 Å². The Morgan fingerprint density at radius 3 is 1.91 bits per heavy atom. The normalized spacial score (nSPS) is 24.1. The summed E-state index contributed by atoms with van der Waals surface area (Å²) < 4.78 is 1.67. The third-order valence-electron chi connectivity index (χ3n) is 7.82. The summed E-state index contributed by atoms with van der Waals surface area (Å²) in [6, 6.07) is 7.51. The van der Waals surface area contributed by atoms with Crippen LogP contribution in [0.15, 0.2) is 63.1 Å². The number of rotatable bonds is 8. The van der Waals surface area contributed by atoms with Crippen molar-refractivity contribution in [2.45, 2.75) is 85.6 Å². The molecular weight excluding hydrogens is 531 g/mol. The van der Waals surface area contributed by atoms with Crippen molar-refractivity contribution in [1.29, 1.82) is 0 Å². The molecule has 2 unspecified atom stereocenters. The van der Waals surface area contributed by atoms with E-state index in [4.69, 9.17) is 0 Å². The van der Waals surface area contributed by atoms with Gasteiger partial charge in [-0.3, -0.25) is 0 Å². The first-order chi connectivity index (χ1) is 14.7. The van der Waals surface area contributed by atoms with Crippen LogP contribution >= 0.6 is 0 Å². The molecule has 0 saturated carbocycles. The van der Waals surface area contributed by atoms with Gasteiger partial charge in [0, 0.05) is 0 Å². The molecule has 1 aromatic rings. The molecule has 0 aliphatic heterocycles. The van der Waals surface area contributed by atoms with Gasteiger partial charge in [0.2, 0.25) is 0 Å². The average molecular weight is 572 g/mol. The second kappa shape index (κ2) is 14.1. The van der Waals surface area contributed by atoms with Gasteiger partial charge in [-0.25, -0.2) is 0 Å².